The van der Waals surface area contributed by atoms with Gasteiger partial charge < -0.3 is 25.0 Å². The summed E-state index contributed by atoms with van der Waals surface area (Å²) in [5.41, 5.74) is 1.88. The molecule has 0 spiro atoms. The number of rotatable bonds is 9. The lowest BCUT2D eigenvalue weighted by atomic mass is 10.1. The number of carbonyl (C=O) groups is 2. The molecule has 2 aliphatic heterocycles. The van der Waals surface area contributed by atoms with Crippen molar-refractivity contribution in [2.24, 2.45) is 0 Å². The fourth-order valence-corrected chi connectivity index (χ4v) is 4.78. The molecule has 2 aliphatic rings. The second kappa shape index (κ2) is 11.3. The summed E-state index contributed by atoms with van der Waals surface area (Å²) in [6.07, 6.45) is 3.77. The van der Waals surface area contributed by atoms with Gasteiger partial charge in [0.2, 0.25) is 11.8 Å². The Labute approximate surface area is 199 Å². The maximum atomic E-state index is 12.9. The summed E-state index contributed by atoms with van der Waals surface area (Å²) in [6.45, 7) is 5.17. The minimum absolute atomic E-state index is 0.172. The molecule has 7 nitrogen and oxygen atoms in total. The minimum Gasteiger partial charge on any atom is -0.486 e. The summed E-state index contributed by atoms with van der Waals surface area (Å²) >= 11 is 1.41. The van der Waals surface area contributed by atoms with Gasteiger partial charge in [-0.3, -0.25) is 9.59 Å². The third-order valence-electron chi connectivity index (χ3n) is 5.70. The molecule has 1 fully saturated rings. The van der Waals surface area contributed by atoms with E-state index in [-0.39, 0.29) is 17.6 Å². The Morgan fingerprint density at radius 2 is 1.85 bits per heavy atom. The predicted octanol–water partition coefficient (Wildman–Crippen LogP) is 4.07. The second-order valence-corrected chi connectivity index (χ2v) is 9.29. The Kier molecular flexibility index (Phi) is 7.99. The third kappa shape index (κ3) is 6.35. The lowest BCUT2D eigenvalue weighted by Crippen LogP contribution is -2.44. The van der Waals surface area contributed by atoms with Gasteiger partial charge in [-0.15, -0.1) is 11.8 Å². The molecule has 0 aliphatic carbocycles. The van der Waals surface area contributed by atoms with Crippen LogP contribution in [0.4, 0.5) is 11.4 Å². The van der Waals surface area contributed by atoms with E-state index in [2.05, 4.69) is 21.6 Å². The molecule has 2 aromatic rings. The van der Waals surface area contributed by atoms with E-state index in [1.54, 1.807) is 0 Å². The maximum Gasteiger partial charge on any atom is 0.246 e. The van der Waals surface area contributed by atoms with Crippen molar-refractivity contribution in [3.8, 4) is 11.5 Å². The first kappa shape index (κ1) is 23.3. The third-order valence-corrected chi connectivity index (χ3v) is 6.69. The van der Waals surface area contributed by atoms with Crippen LogP contribution in [0.15, 0.2) is 47.4 Å². The van der Waals surface area contributed by atoms with Crippen LogP contribution in [0.3, 0.4) is 0 Å². The second-order valence-electron chi connectivity index (χ2n) is 8.24. The van der Waals surface area contributed by atoms with Crippen molar-refractivity contribution in [1.82, 2.24) is 5.32 Å². The van der Waals surface area contributed by atoms with Crippen molar-refractivity contribution >= 4 is 35.0 Å². The molecule has 1 unspecified atom stereocenters. The molecule has 0 aromatic heterocycles. The number of amides is 2. The molecular formula is C25H31N3O4S. The Bertz CT molecular complexity index is 978. The number of fused-ring (bicyclic) bond motifs is 1. The molecule has 0 bridgehead atoms. The van der Waals surface area contributed by atoms with Crippen LogP contribution in [-0.4, -0.2) is 49.9 Å². The Morgan fingerprint density at radius 3 is 2.64 bits per heavy atom. The summed E-state index contributed by atoms with van der Waals surface area (Å²) < 4.78 is 11.1. The zero-order valence-corrected chi connectivity index (χ0v) is 19.8. The summed E-state index contributed by atoms with van der Waals surface area (Å²) in [5, 5.41) is 5.89. The van der Waals surface area contributed by atoms with Crippen LogP contribution in [0.1, 0.15) is 32.6 Å². The molecule has 2 heterocycles. The first-order chi connectivity index (χ1) is 16.1. The van der Waals surface area contributed by atoms with Gasteiger partial charge in [0, 0.05) is 29.4 Å². The quantitative estimate of drug-likeness (QED) is 0.539. The van der Waals surface area contributed by atoms with Crippen LogP contribution in [-0.2, 0) is 9.59 Å². The smallest absolute Gasteiger partial charge is 0.246 e. The molecule has 1 saturated heterocycles. The average molecular weight is 470 g/mol. The fraction of sp³-hybridized carbons (Fsp3) is 0.440. The van der Waals surface area contributed by atoms with Gasteiger partial charge in [0.1, 0.15) is 19.3 Å². The van der Waals surface area contributed by atoms with E-state index in [1.807, 2.05) is 43.3 Å². The molecule has 0 radical (unpaired) electrons. The zero-order chi connectivity index (χ0) is 23.0. The normalized spacial score (nSPS) is 15.7. The van der Waals surface area contributed by atoms with Gasteiger partial charge in [-0.1, -0.05) is 19.4 Å². The van der Waals surface area contributed by atoms with Crippen molar-refractivity contribution in [1.29, 1.82) is 0 Å². The van der Waals surface area contributed by atoms with Gasteiger partial charge in [-0.05, 0) is 55.7 Å². The van der Waals surface area contributed by atoms with Crippen LogP contribution < -0.4 is 25.0 Å². The number of ether oxygens (including phenoxy) is 2. The molecule has 4 rings (SSSR count). The van der Waals surface area contributed by atoms with Gasteiger partial charge in [-0.25, -0.2) is 0 Å². The number of nitrogens with zero attached hydrogens (tertiary/aromatic N) is 1. The van der Waals surface area contributed by atoms with Crippen LogP contribution >= 0.6 is 11.8 Å². The SMILES string of the molecule is CCCC(NC(=O)CSc1ccc2c(c1)OCCO2)C(=O)Nc1cccc(N2CCCC2)c1. The monoisotopic (exact) mass is 469 g/mol. The predicted molar refractivity (Wildman–Crippen MR) is 132 cm³/mol. The molecule has 1 atom stereocenters. The van der Waals surface area contributed by atoms with Gasteiger partial charge in [0.25, 0.3) is 0 Å². The number of hydrogen-bond acceptors (Lipinski definition) is 6. The molecule has 176 valence electrons. The number of benzene rings is 2. The molecule has 2 amide bonds. The molecule has 2 aromatic carbocycles. The molecule has 2 N–H and O–H groups in total. The lowest BCUT2D eigenvalue weighted by molar-refractivity contribution is -0.125. The highest BCUT2D eigenvalue weighted by Crippen LogP contribution is 2.34. The van der Waals surface area contributed by atoms with E-state index in [4.69, 9.17) is 9.47 Å². The largest absolute Gasteiger partial charge is 0.486 e. The number of nitrogens with one attached hydrogen (secondary N) is 2. The van der Waals surface area contributed by atoms with E-state index >= 15 is 0 Å². The summed E-state index contributed by atoms with van der Waals surface area (Å²) in [7, 11) is 0. The van der Waals surface area contributed by atoms with E-state index in [0.29, 0.717) is 25.4 Å². The molecule has 33 heavy (non-hydrogen) atoms. The topological polar surface area (TPSA) is 79.9 Å². The van der Waals surface area contributed by atoms with E-state index in [0.717, 1.165) is 41.5 Å². The van der Waals surface area contributed by atoms with Crippen molar-refractivity contribution < 1.29 is 19.1 Å². The number of anilines is 2. The number of carbonyl (C=O) groups excluding carboxylic acids is 2. The van der Waals surface area contributed by atoms with Gasteiger partial charge in [-0.2, -0.15) is 0 Å². The molecule has 0 saturated carbocycles. The van der Waals surface area contributed by atoms with E-state index in [1.165, 1.54) is 24.6 Å². The average Bonchev–Trinajstić information content (AvgIpc) is 3.38. The maximum absolute atomic E-state index is 12.9. The highest BCUT2D eigenvalue weighted by molar-refractivity contribution is 8.00. The fourth-order valence-electron chi connectivity index (χ4n) is 4.04. The zero-order valence-electron chi connectivity index (χ0n) is 19.0. The van der Waals surface area contributed by atoms with E-state index < -0.39 is 6.04 Å². The Morgan fingerprint density at radius 1 is 1.06 bits per heavy atom. The highest BCUT2D eigenvalue weighted by atomic mass is 32.2. The van der Waals surface area contributed by atoms with Crippen LogP contribution in [0, 0.1) is 0 Å². The lowest BCUT2D eigenvalue weighted by Gasteiger charge is -2.21. The van der Waals surface area contributed by atoms with Gasteiger partial charge in [0.05, 0.1) is 5.75 Å². The Balaban J connectivity index is 1.31. The van der Waals surface area contributed by atoms with Crippen molar-refractivity contribution in [3.63, 3.8) is 0 Å². The van der Waals surface area contributed by atoms with Gasteiger partial charge >= 0.3 is 0 Å². The summed E-state index contributed by atoms with van der Waals surface area (Å²) in [6, 6.07) is 13.0. The van der Waals surface area contributed by atoms with Crippen LogP contribution in [0.2, 0.25) is 0 Å². The van der Waals surface area contributed by atoms with Crippen molar-refractivity contribution in [2.75, 3.05) is 42.3 Å². The number of thioether (sulfide) groups is 1. The summed E-state index contributed by atoms with van der Waals surface area (Å²) in [5.74, 6) is 1.29. The highest BCUT2D eigenvalue weighted by Gasteiger charge is 2.21. The standard InChI is InChI=1S/C25H31N3O4S/c1-2-6-21(25(30)26-18-7-5-8-19(15-18)28-11-3-4-12-28)27-24(29)17-33-20-9-10-22-23(16-20)32-14-13-31-22/h5,7-10,15-16,21H,2-4,6,11-14,17H2,1H3,(H,26,30)(H,27,29). The van der Waals surface area contributed by atoms with Crippen molar-refractivity contribution in [2.45, 2.75) is 43.5 Å². The number of hydrogen-bond donors (Lipinski definition) is 2. The van der Waals surface area contributed by atoms with Crippen LogP contribution in [0.5, 0.6) is 11.5 Å². The van der Waals surface area contributed by atoms with E-state index in [9.17, 15) is 9.59 Å². The molecular weight excluding hydrogens is 438 g/mol. The first-order valence-corrected chi connectivity index (χ1v) is 12.6. The first-order valence-electron chi connectivity index (χ1n) is 11.6. The minimum atomic E-state index is -0.571. The Hall–Kier alpha value is -2.87. The molecule has 8 heteroatoms. The van der Waals surface area contributed by atoms with Crippen LogP contribution in [0.25, 0.3) is 0 Å². The van der Waals surface area contributed by atoms with Crippen molar-refractivity contribution in [3.05, 3.63) is 42.5 Å². The summed E-state index contributed by atoms with van der Waals surface area (Å²) in [4.78, 5) is 28.8. The van der Waals surface area contributed by atoms with Gasteiger partial charge in [0.15, 0.2) is 11.5 Å².